The summed E-state index contributed by atoms with van der Waals surface area (Å²) in [4.78, 5) is 36.5. The molecule has 0 bridgehead atoms. The number of likely N-dealkylation sites (N-methyl/N-ethyl adjacent to an activating group) is 1. The standard InChI is InChI=1S/C11H10N2O4/c1-12-6-9(14)13(11(12)17)8-5-3-2-4-7(8)10(15)16/h2-5H,6H2,1H3,(H,15,16). The maximum absolute atomic E-state index is 11.7. The molecular weight excluding hydrogens is 224 g/mol. The molecule has 0 spiro atoms. The maximum Gasteiger partial charge on any atom is 0.337 e. The first-order valence-electron chi connectivity index (χ1n) is 4.92. The molecule has 17 heavy (non-hydrogen) atoms. The average Bonchev–Trinajstić information content (AvgIpc) is 2.53. The summed E-state index contributed by atoms with van der Waals surface area (Å²) in [6.07, 6.45) is 0. The van der Waals surface area contributed by atoms with Crippen molar-refractivity contribution in [3.8, 4) is 0 Å². The summed E-state index contributed by atoms with van der Waals surface area (Å²) < 4.78 is 0. The fourth-order valence-electron chi connectivity index (χ4n) is 1.71. The number of carboxylic acids is 1. The topological polar surface area (TPSA) is 77.9 Å². The van der Waals surface area contributed by atoms with Gasteiger partial charge in [-0.1, -0.05) is 12.1 Å². The van der Waals surface area contributed by atoms with Crippen LogP contribution in [0.5, 0.6) is 0 Å². The normalized spacial score (nSPS) is 15.6. The third kappa shape index (κ3) is 1.73. The lowest BCUT2D eigenvalue weighted by Gasteiger charge is -2.16. The average molecular weight is 234 g/mol. The molecule has 6 nitrogen and oxygen atoms in total. The number of rotatable bonds is 2. The summed E-state index contributed by atoms with van der Waals surface area (Å²) in [5.41, 5.74) is 0.0452. The predicted molar refractivity (Wildman–Crippen MR) is 58.9 cm³/mol. The van der Waals surface area contributed by atoms with E-state index in [2.05, 4.69) is 0 Å². The lowest BCUT2D eigenvalue weighted by molar-refractivity contribution is -0.116. The van der Waals surface area contributed by atoms with E-state index < -0.39 is 17.9 Å². The number of amides is 3. The van der Waals surface area contributed by atoms with Gasteiger partial charge in [-0.2, -0.15) is 0 Å². The third-order valence-corrected chi connectivity index (χ3v) is 2.52. The van der Waals surface area contributed by atoms with Crippen molar-refractivity contribution in [2.24, 2.45) is 0 Å². The Labute approximate surface area is 97.0 Å². The predicted octanol–water partition coefficient (Wildman–Crippen LogP) is 0.783. The Bertz CT molecular complexity index is 512. The van der Waals surface area contributed by atoms with E-state index in [4.69, 9.17) is 5.11 Å². The summed E-state index contributed by atoms with van der Waals surface area (Å²) in [5, 5.41) is 9.00. The van der Waals surface area contributed by atoms with Crippen molar-refractivity contribution in [1.82, 2.24) is 4.90 Å². The molecule has 2 rings (SSSR count). The second-order valence-electron chi connectivity index (χ2n) is 3.69. The Morgan fingerprint density at radius 1 is 1.29 bits per heavy atom. The Hall–Kier alpha value is -2.37. The van der Waals surface area contributed by atoms with Crippen LogP contribution in [0.2, 0.25) is 0 Å². The van der Waals surface area contributed by atoms with Crippen LogP contribution in [-0.2, 0) is 4.79 Å². The summed E-state index contributed by atoms with van der Waals surface area (Å²) in [5.74, 6) is -1.60. The minimum atomic E-state index is -1.17. The van der Waals surface area contributed by atoms with Crippen LogP contribution in [0.25, 0.3) is 0 Å². The quantitative estimate of drug-likeness (QED) is 0.767. The SMILES string of the molecule is CN1CC(=O)N(c2ccccc2C(=O)O)C1=O. The smallest absolute Gasteiger partial charge is 0.337 e. The first-order chi connectivity index (χ1) is 8.02. The van der Waals surface area contributed by atoms with Crippen molar-refractivity contribution in [2.75, 3.05) is 18.5 Å². The molecule has 1 saturated heterocycles. The van der Waals surface area contributed by atoms with E-state index in [1.54, 1.807) is 12.1 Å². The highest BCUT2D eigenvalue weighted by Gasteiger charge is 2.36. The molecule has 88 valence electrons. The lowest BCUT2D eigenvalue weighted by atomic mass is 10.1. The first kappa shape index (κ1) is 11.1. The van der Waals surface area contributed by atoms with E-state index in [1.165, 1.54) is 24.1 Å². The van der Waals surface area contributed by atoms with Crippen molar-refractivity contribution in [3.63, 3.8) is 0 Å². The Morgan fingerprint density at radius 2 is 1.94 bits per heavy atom. The van der Waals surface area contributed by atoms with Gasteiger partial charge in [0.2, 0.25) is 0 Å². The molecule has 0 unspecified atom stereocenters. The number of imide groups is 1. The van der Waals surface area contributed by atoms with Gasteiger partial charge in [0.05, 0.1) is 11.3 Å². The number of anilines is 1. The molecule has 0 aliphatic carbocycles. The van der Waals surface area contributed by atoms with Gasteiger partial charge in [-0.15, -0.1) is 0 Å². The monoisotopic (exact) mass is 234 g/mol. The molecule has 1 fully saturated rings. The first-order valence-corrected chi connectivity index (χ1v) is 4.92. The van der Waals surface area contributed by atoms with Crippen LogP contribution in [0, 0.1) is 0 Å². The second-order valence-corrected chi connectivity index (χ2v) is 3.69. The third-order valence-electron chi connectivity index (χ3n) is 2.52. The van der Waals surface area contributed by atoms with Crippen molar-refractivity contribution < 1.29 is 19.5 Å². The van der Waals surface area contributed by atoms with E-state index in [9.17, 15) is 14.4 Å². The number of nitrogens with zero attached hydrogens (tertiary/aromatic N) is 2. The van der Waals surface area contributed by atoms with Gasteiger partial charge in [0.1, 0.15) is 6.54 Å². The number of para-hydroxylation sites is 1. The van der Waals surface area contributed by atoms with Crippen LogP contribution in [0.15, 0.2) is 24.3 Å². The van der Waals surface area contributed by atoms with E-state index in [1.807, 2.05) is 0 Å². The lowest BCUT2D eigenvalue weighted by Crippen LogP contribution is -2.32. The highest BCUT2D eigenvalue weighted by atomic mass is 16.4. The van der Waals surface area contributed by atoms with Gasteiger partial charge in [-0.3, -0.25) is 4.79 Å². The molecule has 0 saturated carbocycles. The van der Waals surface area contributed by atoms with Gasteiger partial charge in [-0.25, -0.2) is 14.5 Å². The van der Waals surface area contributed by atoms with Crippen LogP contribution in [-0.4, -0.2) is 41.5 Å². The Kier molecular flexibility index (Phi) is 2.55. The van der Waals surface area contributed by atoms with Gasteiger partial charge < -0.3 is 10.0 Å². The molecule has 1 aliphatic rings. The van der Waals surface area contributed by atoms with E-state index in [0.29, 0.717) is 0 Å². The number of carbonyl (C=O) groups is 3. The summed E-state index contributed by atoms with van der Waals surface area (Å²) in [7, 11) is 1.49. The molecular formula is C11H10N2O4. The van der Waals surface area contributed by atoms with Crippen LogP contribution in [0.4, 0.5) is 10.5 Å². The van der Waals surface area contributed by atoms with E-state index >= 15 is 0 Å². The molecule has 0 atom stereocenters. The zero-order valence-corrected chi connectivity index (χ0v) is 9.08. The molecule has 1 aromatic carbocycles. The van der Waals surface area contributed by atoms with Crippen LogP contribution >= 0.6 is 0 Å². The molecule has 6 heteroatoms. The largest absolute Gasteiger partial charge is 0.478 e. The molecule has 1 N–H and O–H groups in total. The van der Waals surface area contributed by atoms with Gasteiger partial charge >= 0.3 is 12.0 Å². The Balaban J connectivity index is 2.51. The number of benzene rings is 1. The minimum Gasteiger partial charge on any atom is -0.478 e. The van der Waals surface area contributed by atoms with Crippen molar-refractivity contribution >= 4 is 23.6 Å². The number of carboxylic acid groups (broad SMARTS) is 1. The van der Waals surface area contributed by atoms with Gasteiger partial charge in [0.25, 0.3) is 5.91 Å². The number of urea groups is 1. The van der Waals surface area contributed by atoms with Gasteiger partial charge in [-0.05, 0) is 12.1 Å². The van der Waals surface area contributed by atoms with Crippen LogP contribution in [0.3, 0.4) is 0 Å². The summed E-state index contributed by atoms with van der Waals surface area (Å²) in [6, 6.07) is 5.42. The van der Waals surface area contributed by atoms with Crippen LogP contribution < -0.4 is 4.90 Å². The van der Waals surface area contributed by atoms with Crippen molar-refractivity contribution in [3.05, 3.63) is 29.8 Å². The zero-order chi connectivity index (χ0) is 12.6. The minimum absolute atomic E-state index is 0.0349. The molecule has 1 heterocycles. The Morgan fingerprint density at radius 3 is 2.47 bits per heavy atom. The van der Waals surface area contributed by atoms with E-state index in [0.717, 1.165) is 4.90 Å². The molecule has 3 amide bonds. The van der Waals surface area contributed by atoms with Crippen molar-refractivity contribution in [1.29, 1.82) is 0 Å². The molecule has 0 radical (unpaired) electrons. The van der Waals surface area contributed by atoms with Gasteiger partial charge in [0, 0.05) is 7.05 Å². The summed E-state index contributed by atoms with van der Waals surface area (Å²) >= 11 is 0. The fourth-order valence-corrected chi connectivity index (χ4v) is 1.71. The highest BCUT2D eigenvalue weighted by Crippen LogP contribution is 2.24. The number of aromatic carboxylic acids is 1. The highest BCUT2D eigenvalue weighted by molar-refractivity contribution is 6.21. The van der Waals surface area contributed by atoms with Gasteiger partial charge in [0.15, 0.2) is 0 Å². The maximum atomic E-state index is 11.7. The van der Waals surface area contributed by atoms with Crippen LogP contribution in [0.1, 0.15) is 10.4 Å². The number of carbonyl (C=O) groups excluding carboxylic acids is 2. The summed E-state index contributed by atoms with van der Waals surface area (Å²) in [6.45, 7) is -0.0349. The molecule has 1 aliphatic heterocycles. The fraction of sp³-hybridized carbons (Fsp3) is 0.182. The second kappa shape index (κ2) is 3.89. The van der Waals surface area contributed by atoms with E-state index in [-0.39, 0.29) is 17.8 Å². The van der Waals surface area contributed by atoms with Crippen molar-refractivity contribution in [2.45, 2.75) is 0 Å². The zero-order valence-electron chi connectivity index (χ0n) is 9.08. The molecule has 1 aromatic rings. The number of hydrogen-bond donors (Lipinski definition) is 1. The molecule has 0 aromatic heterocycles. The number of hydrogen-bond acceptors (Lipinski definition) is 3.